The van der Waals surface area contributed by atoms with Crippen LogP contribution in [0.2, 0.25) is 0 Å². The lowest BCUT2D eigenvalue weighted by molar-refractivity contribution is -0.138. The molecule has 21 heavy (non-hydrogen) atoms. The first-order valence-corrected chi connectivity index (χ1v) is 6.24. The van der Waals surface area contributed by atoms with Crippen molar-refractivity contribution in [2.24, 2.45) is 5.73 Å². The summed E-state index contributed by atoms with van der Waals surface area (Å²) in [5, 5.41) is 26.9. The summed E-state index contributed by atoms with van der Waals surface area (Å²) in [5.41, 5.74) is 6.99. The Balaban J connectivity index is 1.90. The molecule has 0 radical (unpaired) electrons. The van der Waals surface area contributed by atoms with Crippen LogP contribution < -0.4 is 11.1 Å². The summed E-state index contributed by atoms with van der Waals surface area (Å²) in [5.74, 6) is -0.213. The molecule has 0 amide bonds. The van der Waals surface area contributed by atoms with Crippen molar-refractivity contribution < 1.29 is 9.90 Å². The molecule has 0 aromatic carbocycles. The van der Waals surface area contributed by atoms with Gasteiger partial charge in [0, 0.05) is 6.20 Å². The quantitative estimate of drug-likeness (QED) is 0.644. The maximum atomic E-state index is 10.7. The third-order valence-corrected chi connectivity index (χ3v) is 2.67. The van der Waals surface area contributed by atoms with Gasteiger partial charge in [0.15, 0.2) is 5.82 Å². The van der Waals surface area contributed by atoms with Crippen LogP contribution in [0.15, 0.2) is 18.3 Å². The van der Waals surface area contributed by atoms with Crippen LogP contribution in [0, 0.1) is 6.92 Å². The second-order valence-electron chi connectivity index (χ2n) is 4.43. The van der Waals surface area contributed by atoms with Crippen molar-refractivity contribution in [1.29, 1.82) is 0 Å². The minimum Gasteiger partial charge on any atom is -0.480 e. The van der Waals surface area contributed by atoms with Gasteiger partial charge in [-0.1, -0.05) is 6.07 Å². The summed E-state index contributed by atoms with van der Waals surface area (Å²) in [6.07, 6.45) is 1.84. The molecule has 0 aliphatic rings. The van der Waals surface area contributed by atoms with Gasteiger partial charge in [0.05, 0.1) is 12.2 Å². The van der Waals surface area contributed by atoms with Crippen LogP contribution >= 0.6 is 0 Å². The van der Waals surface area contributed by atoms with E-state index in [1.165, 1.54) is 0 Å². The minimum atomic E-state index is -1.03. The Morgan fingerprint density at radius 2 is 2.05 bits per heavy atom. The molecule has 4 N–H and O–H groups in total. The number of carboxylic acids is 1. The second-order valence-corrected chi connectivity index (χ2v) is 4.43. The van der Waals surface area contributed by atoms with Gasteiger partial charge in [0.2, 0.25) is 0 Å². The Hall–Kier alpha value is -2.68. The third kappa shape index (κ3) is 4.42. The minimum absolute atomic E-state index is 0.241. The number of aryl methyl sites for hydroxylation is 1. The van der Waals surface area contributed by atoms with Crippen LogP contribution in [-0.4, -0.2) is 42.5 Å². The first-order chi connectivity index (χ1) is 10.0. The SMILES string of the molecule is Cc1nnc(NCc2ccc(CC(N)C(=O)O)cn2)nn1. The number of hydrogen-bond acceptors (Lipinski definition) is 8. The number of pyridine rings is 1. The van der Waals surface area contributed by atoms with E-state index in [2.05, 4.69) is 30.7 Å². The van der Waals surface area contributed by atoms with Crippen molar-refractivity contribution in [2.75, 3.05) is 5.32 Å². The lowest BCUT2D eigenvalue weighted by Crippen LogP contribution is -2.32. The molecule has 0 saturated heterocycles. The average Bonchev–Trinajstić information content (AvgIpc) is 2.48. The summed E-state index contributed by atoms with van der Waals surface area (Å²) in [7, 11) is 0. The number of aliphatic carboxylic acids is 1. The summed E-state index contributed by atoms with van der Waals surface area (Å²) < 4.78 is 0. The molecule has 0 saturated carbocycles. The van der Waals surface area contributed by atoms with Gasteiger partial charge in [-0.05, 0) is 25.0 Å². The molecule has 0 aliphatic carbocycles. The van der Waals surface area contributed by atoms with Crippen molar-refractivity contribution in [3.05, 3.63) is 35.4 Å². The van der Waals surface area contributed by atoms with E-state index < -0.39 is 12.0 Å². The third-order valence-electron chi connectivity index (χ3n) is 2.67. The Bertz CT molecular complexity index is 600. The van der Waals surface area contributed by atoms with Crippen molar-refractivity contribution in [3.63, 3.8) is 0 Å². The first kappa shape index (κ1) is 14.7. The molecule has 1 unspecified atom stereocenters. The largest absolute Gasteiger partial charge is 0.480 e. The molecule has 2 aromatic rings. The molecule has 9 heteroatoms. The summed E-state index contributed by atoms with van der Waals surface area (Å²) >= 11 is 0. The standard InChI is InChI=1S/C12H15N7O2/c1-7-16-18-12(19-17-7)15-6-9-3-2-8(5-14-9)4-10(13)11(20)21/h2-3,5,10H,4,6,13H2,1H3,(H,20,21)(H,15,18,19). The lowest BCUT2D eigenvalue weighted by Gasteiger charge is -2.07. The van der Waals surface area contributed by atoms with E-state index in [1.807, 2.05) is 0 Å². The van der Waals surface area contributed by atoms with Gasteiger partial charge in [-0.3, -0.25) is 9.78 Å². The molecule has 2 heterocycles. The predicted molar refractivity (Wildman–Crippen MR) is 73.2 cm³/mol. The van der Waals surface area contributed by atoms with E-state index in [4.69, 9.17) is 10.8 Å². The lowest BCUT2D eigenvalue weighted by atomic mass is 10.1. The fourth-order valence-electron chi connectivity index (χ4n) is 1.54. The fraction of sp³-hybridized carbons (Fsp3) is 0.333. The van der Waals surface area contributed by atoms with E-state index in [9.17, 15) is 4.79 Å². The van der Waals surface area contributed by atoms with Gasteiger partial charge in [-0.25, -0.2) is 0 Å². The molecule has 1 atom stereocenters. The van der Waals surface area contributed by atoms with E-state index >= 15 is 0 Å². The van der Waals surface area contributed by atoms with Crippen molar-refractivity contribution >= 4 is 11.9 Å². The zero-order valence-electron chi connectivity index (χ0n) is 11.4. The highest BCUT2D eigenvalue weighted by molar-refractivity contribution is 5.73. The Labute approximate surface area is 120 Å². The number of nitrogens with zero attached hydrogens (tertiary/aromatic N) is 5. The molecule has 110 valence electrons. The zero-order chi connectivity index (χ0) is 15.2. The molecule has 2 rings (SSSR count). The van der Waals surface area contributed by atoms with Crippen molar-refractivity contribution in [1.82, 2.24) is 25.4 Å². The number of hydrogen-bond donors (Lipinski definition) is 3. The second kappa shape index (κ2) is 6.66. The number of nitrogens with one attached hydrogen (secondary N) is 1. The molecule has 0 bridgehead atoms. The molecular weight excluding hydrogens is 274 g/mol. The normalized spacial score (nSPS) is 11.9. The number of rotatable bonds is 6. The smallest absolute Gasteiger partial charge is 0.320 e. The number of aromatic nitrogens is 5. The predicted octanol–water partition coefficient (Wildman–Crippen LogP) is -0.463. The Morgan fingerprint density at radius 3 is 2.62 bits per heavy atom. The molecule has 9 nitrogen and oxygen atoms in total. The van der Waals surface area contributed by atoms with Crippen LogP contribution in [0.3, 0.4) is 0 Å². The Kier molecular flexibility index (Phi) is 4.67. The van der Waals surface area contributed by atoms with Crippen LogP contribution in [-0.2, 0) is 17.8 Å². The highest BCUT2D eigenvalue weighted by atomic mass is 16.4. The van der Waals surface area contributed by atoms with Crippen LogP contribution in [0.5, 0.6) is 0 Å². The summed E-state index contributed by atoms with van der Waals surface area (Å²) in [6.45, 7) is 2.11. The molecule has 0 spiro atoms. The summed E-state index contributed by atoms with van der Waals surface area (Å²) in [4.78, 5) is 14.9. The number of anilines is 1. The van der Waals surface area contributed by atoms with Crippen LogP contribution in [0.4, 0.5) is 5.95 Å². The van der Waals surface area contributed by atoms with Crippen molar-refractivity contribution in [2.45, 2.75) is 25.9 Å². The molecular formula is C12H15N7O2. The maximum Gasteiger partial charge on any atom is 0.320 e. The molecule has 2 aromatic heterocycles. The maximum absolute atomic E-state index is 10.7. The van der Waals surface area contributed by atoms with E-state index in [0.29, 0.717) is 18.3 Å². The van der Waals surface area contributed by atoms with Crippen LogP contribution in [0.1, 0.15) is 17.1 Å². The van der Waals surface area contributed by atoms with E-state index in [-0.39, 0.29) is 6.42 Å². The molecule has 0 aliphatic heterocycles. The van der Waals surface area contributed by atoms with Gasteiger partial charge in [0.25, 0.3) is 5.95 Å². The average molecular weight is 289 g/mol. The van der Waals surface area contributed by atoms with Gasteiger partial charge in [0.1, 0.15) is 6.04 Å². The van der Waals surface area contributed by atoms with Gasteiger partial charge in [-0.15, -0.1) is 20.4 Å². The fourth-order valence-corrected chi connectivity index (χ4v) is 1.54. The van der Waals surface area contributed by atoms with E-state index in [1.54, 1.807) is 25.3 Å². The van der Waals surface area contributed by atoms with Gasteiger partial charge >= 0.3 is 5.97 Å². The first-order valence-electron chi connectivity index (χ1n) is 6.24. The number of nitrogens with two attached hydrogens (primary N) is 1. The van der Waals surface area contributed by atoms with E-state index in [0.717, 1.165) is 11.3 Å². The zero-order valence-corrected chi connectivity index (χ0v) is 11.4. The van der Waals surface area contributed by atoms with Gasteiger partial charge < -0.3 is 16.2 Å². The van der Waals surface area contributed by atoms with Crippen LogP contribution in [0.25, 0.3) is 0 Å². The topological polar surface area (TPSA) is 140 Å². The molecule has 0 fully saturated rings. The highest BCUT2D eigenvalue weighted by Gasteiger charge is 2.12. The number of carboxylic acid groups (broad SMARTS) is 1. The van der Waals surface area contributed by atoms with Gasteiger partial charge in [-0.2, -0.15) is 0 Å². The summed E-state index contributed by atoms with van der Waals surface area (Å²) in [6, 6.07) is 2.65. The number of carbonyl (C=O) groups is 1. The Morgan fingerprint density at radius 1 is 1.33 bits per heavy atom. The highest BCUT2D eigenvalue weighted by Crippen LogP contribution is 2.05. The monoisotopic (exact) mass is 289 g/mol. The van der Waals surface area contributed by atoms with Crippen molar-refractivity contribution in [3.8, 4) is 0 Å².